The zero-order chi connectivity index (χ0) is 6.57. The van der Waals surface area contributed by atoms with Gasteiger partial charge in [-0.25, -0.2) is 4.79 Å². The molecule has 8 heavy (non-hydrogen) atoms. The molecule has 1 atom stereocenters. The lowest BCUT2D eigenvalue weighted by molar-refractivity contribution is -0.181. The number of alkyl halides is 1. The lowest BCUT2D eigenvalue weighted by Gasteiger charge is -1.92. The summed E-state index contributed by atoms with van der Waals surface area (Å²) in [6.07, 6.45) is 1.07. The fraction of sp³-hybridized carbons (Fsp3) is 0.250. The summed E-state index contributed by atoms with van der Waals surface area (Å²) in [4.78, 5) is 12.7. The largest absolute Gasteiger partial charge is 0.370 e. The number of rotatable bonds is 2. The third kappa shape index (κ3) is 1.93. The highest BCUT2D eigenvalue weighted by Crippen LogP contribution is 1.98. The van der Waals surface area contributed by atoms with Gasteiger partial charge in [-0.2, -0.15) is 0 Å². The van der Waals surface area contributed by atoms with Crippen molar-refractivity contribution in [2.24, 2.45) is 0 Å². The Balaban J connectivity index is 3.62. The monoisotopic (exact) mass is 138 g/mol. The first-order valence-electron chi connectivity index (χ1n) is 1.81. The van der Waals surface area contributed by atoms with Crippen LogP contribution in [-0.2, 0) is 9.74 Å². The Morgan fingerprint density at radius 1 is 2.00 bits per heavy atom. The standard InChI is InChI=1S/C4H4ClFO2/c1-2-3(5)4(7)8-6/h2-3H,1H2. The lowest BCUT2D eigenvalue weighted by atomic mass is 10.4. The maximum atomic E-state index is 10.8. The molecule has 0 fully saturated rings. The minimum Gasteiger partial charge on any atom is -0.253 e. The molecule has 0 aliphatic rings. The van der Waals surface area contributed by atoms with Crippen molar-refractivity contribution in [1.29, 1.82) is 0 Å². The van der Waals surface area contributed by atoms with Crippen molar-refractivity contribution in [2.45, 2.75) is 5.38 Å². The first kappa shape index (κ1) is 7.43. The van der Waals surface area contributed by atoms with Crippen LogP contribution >= 0.6 is 11.6 Å². The number of hydrogen-bond donors (Lipinski definition) is 0. The Hall–Kier alpha value is -0.570. The quantitative estimate of drug-likeness (QED) is 0.424. The molecule has 0 amide bonds. The average molecular weight is 139 g/mol. The van der Waals surface area contributed by atoms with Crippen molar-refractivity contribution in [3.05, 3.63) is 12.7 Å². The predicted molar refractivity (Wildman–Crippen MR) is 27.0 cm³/mol. The van der Waals surface area contributed by atoms with Gasteiger partial charge in [0.05, 0.1) is 0 Å². The molecule has 0 spiro atoms. The summed E-state index contributed by atoms with van der Waals surface area (Å²) in [6.45, 7) is 3.13. The van der Waals surface area contributed by atoms with Crippen LogP contribution in [0.15, 0.2) is 12.7 Å². The van der Waals surface area contributed by atoms with Crippen LogP contribution in [0.1, 0.15) is 0 Å². The van der Waals surface area contributed by atoms with Crippen molar-refractivity contribution in [1.82, 2.24) is 0 Å². The molecular weight excluding hydrogens is 134 g/mol. The van der Waals surface area contributed by atoms with Crippen LogP contribution in [-0.4, -0.2) is 11.3 Å². The molecule has 0 radical (unpaired) electrons. The van der Waals surface area contributed by atoms with Crippen molar-refractivity contribution in [3.8, 4) is 0 Å². The van der Waals surface area contributed by atoms with Gasteiger partial charge in [-0.1, -0.05) is 6.08 Å². The van der Waals surface area contributed by atoms with E-state index in [1.165, 1.54) is 0 Å². The summed E-state index contributed by atoms with van der Waals surface area (Å²) in [5.41, 5.74) is 0. The molecule has 46 valence electrons. The van der Waals surface area contributed by atoms with Gasteiger partial charge in [0.15, 0.2) is 5.38 Å². The number of carbonyl (C=O) groups is 1. The molecule has 0 saturated heterocycles. The molecule has 0 aliphatic carbocycles. The van der Waals surface area contributed by atoms with Crippen molar-refractivity contribution < 1.29 is 14.3 Å². The van der Waals surface area contributed by atoms with E-state index in [0.29, 0.717) is 0 Å². The summed E-state index contributed by atoms with van der Waals surface area (Å²) in [6, 6.07) is 0. The van der Waals surface area contributed by atoms with Gasteiger partial charge in [-0.3, -0.25) is 4.94 Å². The van der Waals surface area contributed by atoms with E-state index in [9.17, 15) is 9.32 Å². The normalized spacial score (nSPS) is 12.2. The highest BCUT2D eigenvalue weighted by atomic mass is 35.5. The van der Waals surface area contributed by atoms with E-state index in [2.05, 4.69) is 11.5 Å². The topological polar surface area (TPSA) is 26.3 Å². The molecule has 0 rings (SSSR count). The highest BCUT2D eigenvalue weighted by Gasteiger charge is 2.12. The van der Waals surface area contributed by atoms with Gasteiger partial charge < -0.3 is 0 Å². The third-order valence-corrected chi connectivity index (χ3v) is 0.864. The van der Waals surface area contributed by atoms with Gasteiger partial charge >= 0.3 is 5.97 Å². The summed E-state index contributed by atoms with van der Waals surface area (Å²) < 4.78 is 10.8. The van der Waals surface area contributed by atoms with Gasteiger partial charge in [-0.15, -0.1) is 18.2 Å². The van der Waals surface area contributed by atoms with E-state index in [1.807, 2.05) is 0 Å². The summed E-state index contributed by atoms with van der Waals surface area (Å²) in [5, 5.41) is -1.08. The first-order chi connectivity index (χ1) is 3.72. The maximum Gasteiger partial charge on any atom is 0.370 e. The number of hydrogen-bond acceptors (Lipinski definition) is 2. The molecule has 0 heterocycles. The SMILES string of the molecule is C=CC(Cl)C(=O)OF. The Bertz CT molecular complexity index is 104. The zero-order valence-corrected chi connectivity index (χ0v) is 4.69. The maximum absolute atomic E-state index is 10.8. The molecule has 0 aliphatic heterocycles. The summed E-state index contributed by atoms with van der Waals surface area (Å²) in [5.74, 6) is -1.14. The Morgan fingerprint density at radius 3 is 2.62 bits per heavy atom. The molecule has 0 N–H and O–H groups in total. The fourth-order valence-electron chi connectivity index (χ4n) is 0.139. The molecule has 1 unspecified atom stereocenters. The minimum absolute atomic E-state index is 1.07. The molecule has 0 aromatic rings. The molecule has 0 saturated carbocycles. The van der Waals surface area contributed by atoms with Gasteiger partial charge in [0, 0.05) is 4.53 Å². The van der Waals surface area contributed by atoms with E-state index >= 15 is 0 Å². The van der Waals surface area contributed by atoms with Gasteiger partial charge in [0.25, 0.3) is 0 Å². The van der Waals surface area contributed by atoms with Crippen molar-refractivity contribution >= 4 is 17.6 Å². The molecule has 0 aromatic heterocycles. The second-order valence-electron chi connectivity index (χ2n) is 1.03. The smallest absolute Gasteiger partial charge is 0.253 e. The first-order valence-corrected chi connectivity index (χ1v) is 2.25. The average Bonchev–Trinajstić information content (AvgIpc) is 1.84. The van der Waals surface area contributed by atoms with Gasteiger partial charge in [0.2, 0.25) is 0 Å². The minimum atomic E-state index is -1.14. The number of halogens is 2. The fourth-order valence-corrected chi connectivity index (χ4v) is 0.172. The highest BCUT2D eigenvalue weighted by molar-refractivity contribution is 6.31. The van der Waals surface area contributed by atoms with E-state index in [4.69, 9.17) is 11.6 Å². The molecule has 0 bridgehead atoms. The zero-order valence-electron chi connectivity index (χ0n) is 3.93. The van der Waals surface area contributed by atoms with E-state index in [1.54, 1.807) is 0 Å². The molecule has 4 heteroatoms. The predicted octanol–water partition coefficient (Wildman–Crippen LogP) is 1.21. The van der Waals surface area contributed by atoms with Crippen LogP contribution in [0.2, 0.25) is 0 Å². The van der Waals surface area contributed by atoms with Crippen molar-refractivity contribution in [3.63, 3.8) is 0 Å². The Kier molecular flexibility index (Phi) is 3.19. The van der Waals surface area contributed by atoms with Crippen LogP contribution < -0.4 is 0 Å². The second kappa shape index (κ2) is 3.43. The van der Waals surface area contributed by atoms with E-state index < -0.39 is 11.3 Å². The van der Waals surface area contributed by atoms with Crippen LogP contribution in [0.25, 0.3) is 0 Å². The lowest BCUT2D eigenvalue weighted by Crippen LogP contribution is -2.10. The molecule has 0 aromatic carbocycles. The molecule has 2 nitrogen and oxygen atoms in total. The second-order valence-corrected chi connectivity index (χ2v) is 1.50. The van der Waals surface area contributed by atoms with E-state index in [0.717, 1.165) is 6.08 Å². The summed E-state index contributed by atoms with van der Waals surface area (Å²) in [7, 11) is 0. The third-order valence-electron chi connectivity index (χ3n) is 0.508. The molecular formula is C4H4ClFO2. The van der Waals surface area contributed by atoms with Crippen LogP contribution in [0.3, 0.4) is 0 Å². The Labute approximate surface area is 50.8 Å². The van der Waals surface area contributed by atoms with Crippen LogP contribution in [0.4, 0.5) is 4.53 Å². The summed E-state index contributed by atoms with van der Waals surface area (Å²) >= 11 is 5.08. The van der Waals surface area contributed by atoms with Gasteiger partial charge in [-0.05, 0) is 0 Å². The van der Waals surface area contributed by atoms with Gasteiger partial charge in [0.1, 0.15) is 0 Å². The Morgan fingerprint density at radius 2 is 2.50 bits per heavy atom. The van der Waals surface area contributed by atoms with E-state index in [-0.39, 0.29) is 0 Å². The van der Waals surface area contributed by atoms with Crippen molar-refractivity contribution in [2.75, 3.05) is 0 Å². The number of carbonyl (C=O) groups excluding carboxylic acids is 1. The van der Waals surface area contributed by atoms with Crippen LogP contribution in [0.5, 0.6) is 0 Å². The van der Waals surface area contributed by atoms with Crippen LogP contribution in [0, 0.1) is 0 Å².